The fourth-order valence-electron chi connectivity index (χ4n) is 0.691. The number of nitrogens with one attached hydrogen (secondary N) is 1. The highest BCUT2D eigenvalue weighted by atomic mass is 14.8. The van der Waals surface area contributed by atoms with Crippen LogP contribution in [0.2, 0.25) is 0 Å². The van der Waals surface area contributed by atoms with Crippen LogP contribution in [-0.2, 0) is 6.54 Å². The molecule has 0 radical (unpaired) electrons. The SMILES string of the molecule is C=CNCc1ccncc1. The second-order valence-electron chi connectivity index (χ2n) is 1.94. The molecular weight excluding hydrogens is 124 g/mol. The Kier molecular flexibility index (Phi) is 2.49. The molecule has 0 aromatic carbocycles. The van der Waals surface area contributed by atoms with Crippen LogP contribution in [0.4, 0.5) is 0 Å². The highest BCUT2D eigenvalue weighted by Gasteiger charge is 1.85. The normalized spacial score (nSPS) is 8.80. The maximum atomic E-state index is 3.90. The van der Waals surface area contributed by atoms with Gasteiger partial charge in [0.15, 0.2) is 0 Å². The molecule has 0 saturated heterocycles. The third-order valence-corrected chi connectivity index (χ3v) is 1.20. The van der Waals surface area contributed by atoms with Crippen LogP contribution in [0, 0.1) is 0 Å². The van der Waals surface area contributed by atoms with Crippen molar-refractivity contribution in [2.75, 3.05) is 0 Å². The van der Waals surface area contributed by atoms with Crippen molar-refractivity contribution in [1.82, 2.24) is 10.3 Å². The summed E-state index contributed by atoms with van der Waals surface area (Å²) in [6, 6.07) is 3.94. The highest BCUT2D eigenvalue weighted by molar-refractivity contribution is 5.09. The molecule has 0 fully saturated rings. The molecule has 2 nitrogen and oxygen atoms in total. The van der Waals surface area contributed by atoms with E-state index in [1.807, 2.05) is 12.1 Å². The lowest BCUT2D eigenvalue weighted by molar-refractivity contribution is 0.870. The molecule has 0 atom stereocenters. The fraction of sp³-hybridized carbons (Fsp3) is 0.125. The summed E-state index contributed by atoms with van der Waals surface area (Å²) in [4.78, 5) is 3.90. The Balaban J connectivity index is 2.50. The van der Waals surface area contributed by atoms with Gasteiger partial charge in [-0.1, -0.05) is 6.58 Å². The van der Waals surface area contributed by atoms with Crippen LogP contribution in [0.3, 0.4) is 0 Å². The number of rotatable bonds is 3. The first-order valence-corrected chi connectivity index (χ1v) is 3.16. The van der Waals surface area contributed by atoms with Crippen molar-refractivity contribution in [1.29, 1.82) is 0 Å². The highest BCUT2D eigenvalue weighted by Crippen LogP contribution is 1.93. The summed E-state index contributed by atoms with van der Waals surface area (Å²) in [5.41, 5.74) is 1.22. The molecule has 0 aliphatic rings. The van der Waals surface area contributed by atoms with Gasteiger partial charge >= 0.3 is 0 Å². The lowest BCUT2D eigenvalue weighted by Crippen LogP contribution is -2.02. The fourth-order valence-corrected chi connectivity index (χ4v) is 0.691. The minimum absolute atomic E-state index is 0.825. The summed E-state index contributed by atoms with van der Waals surface area (Å²) in [7, 11) is 0. The summed E-state index contributed by atoms with van der Waals surface area (Å²) in [5.74, 6) is 0. The van der Waals surface area contributed by atoms with Crippen LogP contribution < -0.4 is 5.32 Å². The zero-order chi connectivity index (χ0) is 7.23. The summed E-state index contributed by atoms with van der Waals surface area (Å²) in [6.45, 7) is 4.37. The van der Waals surface area contributed by atoms with Gasteiger partial charge in [-0.05, 0) is 23.9 Å². The van der Waals surface area contributed by atoms with E-state index in [9.17, 15) is 0 Å². The van der Waals surface area contributed by atoms with Gasteiger partial charge in [0.2, 0.25) is 0 Å². The third-order valence-electron chi connectivity index (χ3n) is 1.20. The van der Waals surface area contributed by atoms with Gasteiger partial charge in [-0.15, -0.1) is 0 Å². The number of hydrogen-bond acceptors (Lipinski definition) is 2. The molecule has 0 saturated carbocycles. The molecule has 0 spiro atoms. The van der Waals surface area contributed by atoms with Crippen LogP contribution in [0.5, 0.6) is 0 Å². The summed E-state index contributed by atoms with van der Waals surface area (Å²) < 4.78 is 0. The van der Waals surface area contributed by atoms with Crippen molar-refractivity contribution in [3.63, 3.8) is 0 Å². The van der Waals surface area contributed by atoms with E-state index in [4.69, 9.17) is 0 Å². The number of aromatic nitrogens is 1. The molecule has 0 amide bonds. The summed E-state index contributed by atoms with van der Waals surface area (Å²) >= 11 is 0. The van der Waals surface area contributed by atoms with Gasteiger partial charge in [-0.2, -0.15) is 0 Å². The third kappa shape index (κ3) is 1.90. The average Bonchev–Trinajstić information content (AvgIpc) is 2.03. The van der Waals surface area contributed by atoms with E-state index in [-0.39, 0.29) is 0 Å². The zero-order valence-electron chi connectivity index (χ0n) is 5.75. The molecule has 0 aliphatic heterocycles. The van der Waals surface area contributed by atoms with Crippen molar-refractivity contribution in [2.45, 2.75) is 6.54 Å². The average molecular weight is 134 g/mol. The lowest BCUT2D eigenvalue weighted by atomic mass is 10.3. The van der Waals surface area contributed by atoms with Gasteiger partial charge in [0, 0.05) is 18.9 Å². The molecule has 2 heteroatoms. The molecule has 0 bridgehead atoms. The quantitative estimate of drug-likeness (QED) is 0.674. The van der Waals surface area contributed by atoms with Crippen LogP contribution in [-0.4, -0.2) is 4.98 Å². The topological polar surface area (TPSA) is 24.9 Å². The van der Waals surface area contributed by atoms with E-state index in [1.165, 1.54) is 5.56 Å². The monoisotopic (exact) mass is 134 g/mol. The number of hydrogen-bond donors (Lipinski definition) is 1. The molecule has 1 heterocycles. The Bertz CT molecular complexity index is 194. The summed E-state index contributed by atoms with van der Waals surface area (Å²) in [6.07, 6.45) is 5.24. The first-order chi connectivity index (χ1) is 4.93. The Labute approximate surface area is 60.6 Å². The van der Waals surface area contributed by atoms with Crippen molar-refractivity contribution in [3.8, 4) is 0 Å². The molecule has 52 valence electrons. The van der Waals surface area contributed by atoms with E-state index in [2.05, 4.69) is 16.9 Å². The minimum Gasteiger partial charge on any atom is -0.387 e. The van der Waals surface area contributed by atoms with Gasteiger partial charge in [-0.25, -0.2) is 0 Å². The molecule has 1 rings (SSSR count). The van der Waals surface area contributed by atoms with E-state index in [1.54, 1.807) is 18.6 Å². The van der Waals surface area contributed by atoms with E-state index < -0.39 is 0 Å². The van der Waals surface area contributed by atoms with Crippen molar-refractivity contribution >= 4 is 0 Å². The van der Waals surface area contributed by atoms with Gasteiger partial charge in [0.1, 0.15) is 0 Å². The van der Waals surface area contributed by atoms with Crippen molar-refractivity contribution < 1.29 is 0 Å². The Morgan fingerprint density at radius 1 is 1.50 bits per heavy atom. The van der Waals surface area contributed by atoms with Crippen molar-refractivity contribution in [2.24, 2.45) is 0 Å². The van der Waals surface area contributed by atoms with E-state index in [0.29, 0.717) is 0 Å². The minimum atomic E-state index is 0.825. The van der Waals surface area contributed by atoms with Crippen molar-refractivity contribution in [3.05, 3.63) is 42.9 Å². The molecule has 1 aromatic heterocycles. The summed E-state index contributed by atoms with van der Waals surface area (Å²) in [5, 5.41) is 3.00. The largest absolute Gasteiger partial charge is 0.387 e. The van der Waals surface area contributed by atoms with Gasteiger partial charge in [0.25, 0.3) is 0 Å². The second-order valence-corrected chi connectivity index (χ2v) is 1.94. The zero-order valence-corrected chi connectivity index (χ0v) is 5.75. The molecule has 10 heavy (non-hydrogen) atoms. The Morgan fingerprint density at radius 3 is 2.80 bits per heavy atom. The second kappa shape index (κ2) is 3.67. The van der Waals surface area contributed by atoms with Gasteiger partial charge < -0.3 is 5.32 Å². The Hall–Kier alpha value is -1.31. The smallest absolute Gasteiger partial charge is 0.0396 e. The predicted molar refractivity (Wildman–Crippen MR) is 41.3 cm³/mol. The molecule has 0 aliphatic carbocycles. The van der Waals surface area contributed by atoms with Gasteiger partial charge in [0.05, 0.1) is 0 Å². The maximum Gasteiger partial charge on any atom is 0.0396 e. The standard InChI is InChI=1S/C8H10N2/c1-2-9-7-8-3-5-10-6-4-8/h2-6,9H,1,7H2. The first-order valence-electron chi connectivity index (χ1n) is 3.16. The van der Waals surface area contributed by atoms with Crippen LogP contribution in [0.1, 0.15) is 5.56 Å². The van der Waals surface area contributed by atoms with Crippen LogP contribution >= 0.6 is 0 Å². The molecular formula is C8H10N2. The molecule has 1 N–H and O–H groups in total. The van der Waals surface area contributed by atoms with Crippen LogP contribution in [0.15, 0.2) is 37.3 Å². The van der Waals surface area contributed by atoms with E-state index in [0.717, 1.165) is 6.54 Å². The molecule has 0 unspecified atom stereocenters. The first kappa shape index (κ1) is 6.81. The van der Waals surface area contributed by atoms with Gasteiger partial charge in [-0.3, -0.25) is 4.98 Å². The van der Waals surface area contributed by atoms with Crippen LogP contribution in [0.25, 0.3) is 0 Å². The number of pyridine rings is 1. The Morgan fingerprint density at radius 2 is 2.20 bits per heavy atom. The maximum absolute atomic E-state index is 3.90. The predicted octanol–water partition coefficient (Wildman–Crippen LogP) is 1.31. The molecule has 1 aromatic rings. The number of nitrogens with zero attached hydrogens (tertiary/aromatic N) is 1. The lowest BCUT2D eigenvalue weighted by Gasteiger charge is -1.97. The van der Waals surface area contributed by atoms with E-state index >= 15 is 0 Å².